The molecule has 2 atom stereocenters. The van der Waals surface area contributed by atoms with E-state index in [-0.39, 0.29) is 29.4 Å². The number of carbonyl (C=O) groups is 2. The van der Waals surface area contributed by atoms with E-state index in [1.807, 2.05) is 27.7 Å². The average Bonchev–Trinajstić information content (AvgIpc) is 2.51. The summed E-state index contributed by atoms with van der Waals surface area (Å²) in [6, 6.07) is 5.09. The molecule has 1 rings (SSSR count). The van der Waals surface area contributed by atoms with E-state index in [4.69, 9.17) is 0 Å². The fraction of sp³-hybridized carbons (Fsp3) is 0.579. The largest absolute Gasteiger partial charge is 0.435 e. The summed E-state index contributed by atoms with van der Waals surface area (Å²) in [4.78, 5) is 24.6. The van der Waals surface area contributed by atoms with Crippen molar-refractivity contribution in [2.24, 2.45) is 11.8 Å². The Bertz CT molecular complexity index is 606. The molecule has 5 nitrogen and oxygen atoms in total. The van der Waals surface area contributed by atoms with Gasteiger partial charge >= 0.3 is 6.61 Å². The second-order valence-electron chi connectivity index (χ2n) is 7.07. The van der Waals surface area contributed by atoms with Crippen molar-refractivity contribution >= 4 is 11.8 Å². The molecule has 0 radical (unpaired) electrons. The zero-order valence-corrected chi connectivity index (χ0v) is 15.9. The third-order valence-electron chi connectivity index (χ3n) is 3.80. The summed E-state index contributed by atoms with van der Waals surface area (Å²) >= 11 is 0. The summed E-state index contributed by atoms with van der Waals surface area (Å²) in [5, 5.41) is 5.59. The molecule has 2 N–H and O–H groups in total. The van der Waals surface area contributed by atoms with Crippen LogP contribution in [0.1, 0.15) is 52.6 Å². The van der Waals surface area contributed by atoms with Gasteiger partial charge in [-0.05, 0) is 36.5 Å². The number of nitrogens with one attached hydrogen (secondary N) is 2. The van der Waals surface area contributed by atoms with E-state index in [0.717, 1.165) is 0 Å². The Morgan fingerprint density at radius 3 is 2.27 bits per heavy atom. The molecule has 0 saturated carbocycles. The number of hydrogen-bond acceptors (Lipinski definition) is 3. The van der Waals surface area contributed by atoms with Crippen LogP contribution < -0.4 is 15.4 Å². The van der Waals surface area contributed by atoms with Crippen LogP contribution >= 0.6 is 0 Å². The molecule has 0 spiro atoms. The second kappa shape index (κ2) is 10.1. The quantitative estimate of drug-likeness (QED) is 0.697. The number of carbonyl (C=O) groups excluding carboxylic acids is 2. The zero-order chi connectivity index (χ0) is 19.9. The van der Waals surface area contributed by atoms with Crippen LogP contribution in [-0.4, -0.2) is 24.5 Å². The number of rotatable bonds is 9. The topological polar surface area (TPSA) is 67.4 Å². The molecular formula is C19H28F2N2O3. The maximum atomic E-state index is 12.6. The Hall–Kier alpha value is -2.18. The van der Waals surface area contributed by atoms with Crippen LogP contribution in [0.4, 0.5) is 8.78 Å². The SMILES string of the molecule is CC(C)CC(=O)NC(C(=O)NC(C)c1cccc(OC(F)F)c1)C(C)C. The lowest BCUT2D eigenvalue weighted by Crippen LogP contribution is -2.50. The Labute approximate surface area is 153 Å². The van der Waals surface area contributed by atoms with E-state index in [0.29, 0.717) is 12.0 Å². The number of alkyl halides is 2. The molecule has 0 aliphatic rings. The second-order valence-corrected chi connectivity index (χ2v) is 7.07. The lowest BCUT2D eigenvalue weighted by atomic mass is 10.0. The first-order valence-corrected chi connectivity index (χ1v) is 8.74. The van der Waals surface area contributed by atoms with Crippen LogP contribution in [0, 0.1) is 11.8 Å². The molecular weight excluding hydrogens is 342 g/mol. The predicted octanol–water partition coefficient (Wildman–Crippen LogP) is 3.65. The Morgan fingerprint density at radius 1 is 1.08 bits per heavy atom. The molecule has 146 valence electrons. The van der Waals surface area contributed by atoms with E-state index in [1.54, 1.807) is 19.1 Å². The monoisotopic (exact) mass is 370 g/mol. The van der Waals surface area contributed by atoms with Gasteiger partial charge in [0.05, 0.1) is 6.04 Å². The standard InChI is InChI=1S/C19H28F2N2O3/c1-11(2)9-16(24)23-17(12(3)4)18(25)22-13(5)14-7-6-8-15(10-14)26-19(20)21/h6-8,10-13,17,19H,9H2,1-5H3,(H,22,25)(H,23,24). The molecule has 0 aliphatic heterocycles. The third kappa shape index (κ3) is 7.37. The number of benzene rings is 1. The Morgan fingerprint density at radius 2 is 1.73 bits per heavy atom. The number of hydrogen-bond donors (Lipinski definition) is 2. The number of halogens is 2. The third-order valence-corrected chi connectivity index (χ3v) is 3.80. The first kappa shape index (κ1) is 21.9. The minimum absolute atomic E-state index is 0.0317. The smallest absolute Gasteiger partial charge is 0.387 e. The van der Waals surface area contributed by atoms with Gasteiger partial charge in [0.15, 0.2) is 0 Å². The van der Waals surface area contributed by atoms with Crippen LogP contribution in [0.3, 0.4) is 0 Å². The van der Waals surface area contributed by atoms with Crippen molar-refractivity contribution in [3.8, 4) is 5.75 Å². The molecule has 0 heterocycles. The van der Waals surface area contributed by atoms with Gasteiger partial charge in [0.2, 0.25) is 11.8 Å². The number of ether oxygens (including phenoxy) is 1. The van der Waals surface area contributed by atoms with Gasteiger partial charge < -0.3 is 15.4 Å². The van der Waals surface area contributed by atoms with Gasteiger partial charge in [0.25, 0.3) is 0 Å². The molecule has 0 bridgehead atoms. The maximum absolute atomic E-state index is 12.6. The molecule has 2 unspecified atom stereocenters. The first-order valence-electron chi connectivity index (χ1n) is 8.74. The van der Waals surface area contributed by atoms with Crippen molar-refractivity contribution in [2.75, 3.05) is 0 Å². The fourth-order valence-corrected chi connectivity index (χ4v) is 2.48. The summed E-state index contributed by atoms with van der Waals surface area (Å²) in [5.74, 6) is -0.350. The lowest BCUT2D eigenvalue weighted by molar-refractivity contribution is -0.130. The van der Waals surface area contributed by atoms with Gasteiger partial charge in [-0.15, -0.1) is 0 Å². The lowest BCUT2D eigenvalue weighted by Gasteiger charge is -2.24. The minimum Gasteiger partial charge on any atom is -0.435 e. The molecule has 0 saturated heterocycles. The van der Waals surface area contributed by atoms with E-state index in [2.05, 4.69) is 15.4 Å². The van der Waals surface area contributed by atoms with E-state index < -0.39 is 18.7 Å². The van der Waals surface area contributed by atoms with Crippen molar-refractivity contribution in [3.63, 3.8) is 0 Å². The van der Waals surface area contributed by atoms with Crippen molar-refractivity contribution in [1.82, 2.24) is 10.6 Å². The molecule has 0 aromatic heterocycles. The summed E-state index contributed by atoms with van der Waals surface area (Å²) in [5.41, 5.74) is 0.632. The predicted molar refractivity (Wildman–Crippen MR) is 95.9 cm³/mol. The molecule has 0 fully saturated rings. The van der Waals surface area contributed by atoms with Gasteiger partial charge in [-0.3, -0.25) is 9.59 Å². The van der Waals surface area contributed by atoms with Crippen LogP contribution in [0.2, 0.25) is 0 Å². The molecule has 1 aromatic carbocycles. The van der Waals surface area contributed by atoms with Gasteiger partial charge in [-0.25, -0.2) is 0 Å². The van der Waals surface area contributed by atoms with Gasteiger partial charge in [-0.1, -0.05) is 39.8 Å². The van der Waals surface area contributed by atoms with E-state index in [1.165, 1.54) is 12.1 Å². The first-order chi connectivity index (χ1) is 12.1. The Kier molecular flexibility index (Phi) is 8.48. The molecule has 0 aliphatic carbocycles. The van der Waals surface area contributed by atoms with Crippen molar-refractivity contribution in [3.05, 3.63) is 29.8 Å². The van der Waals surface area contributed by atoms with Gasteiger partial charge in [0.1, 0.15) is 11.8 Å². The van der Waals surface area contributed by atoms with Crippen LogP contribution in [-0.2, 0) is 9.59 Å². The van der Waals surface area contributed by atoms with E-state index in [9.17, 15) is 18.4 Å². The van der Waals surface area contributed by atoms with Crippen molar-refractivity contribution in [2.45, 2.75) is 59.7 Å². The maximum Gasteiger partial charge on any atom is 0.387 e. The van der Waals surface area contributed by atoms with Crippen molar-refractivity contribution in [1.29, 1.82) is 0 Å². The normalized spacial score (nSPS) is 13.6. The van der Waals surface area contributed by atoms with Crippen molar-refractivity contribution < 1.29 is 23.1 Å². The molecule has 7 heteroatoms. The van der Waals surface area contributed by atoms with Gasteiger partial charge in [0, 0.05) is 6.42 Å². The Balaban J connectivity index is 2.77. The summed E-state index contributed by atoms with van der Waals surface area (Å²) in [7, 11) is 0. The van der Waals surface area contributed by atoms with Gasteiger partial charge in [-0.2, -0.15) is 8.78 Å². The average molecular weight is 370 g/mol. The highest BCUT2D eigenvalue weighted by Crippen LogP contribution is 2.21. The van der Waals surface area contributed by atoms with E-state index >= 15 is 0 Å². The summed E-state index contributed by atoms with van der Waals surface area (Å²) < 4.78 is 29.1. The number of amides is 2. The highest BCUT2D eigenvalue weighted by molar-refractivity contribution is 5.88. The van der Waals surface area contributed by atoms with Crippen LogP contribution in [0.5, 0.6) is 5.75 Å². The highest BCUT2D eigenvalue weighted by Gasteiger charge is 2.25. The zero-order valence-electron chi connectivity index (χ0n) is 15.9. The fourth-order valence-electron chi connectivity index (χ4n) is 2.48. The summed E-state index contributed by atoms with van der Waals surface area (Å²) in [6.07, 6.45) is 0.346. The molecule has 2 amide bonds. The molecule has 1 aromatic rings. The highest BCUT2D eigenvalue weighted by atomic mass is 19.3. The van der Waals surface area contributed by atoms with Crippen LogP contribution in [0.25, 0.3) is 0 Å². The molecule has 26 heavy (non-hydrogen) atoms. The summed E-state index contributed by atoms with van der Waals surface area (Å²) in [6.45, 7) is 6.40. The minimum atomic E-state index is -2.91. The van der Waals surface area contributed by atoms with Crippen LogP contribution in [0.15, 0.2) is 24.3 Å².